The van der Waals surface area contributed by atoms with Crippen molar-refractivity contribution >= 4 is 22.7 Å². The normalized spacial score (nSPS) is 13.4. The lowest BCUT2D eigenvalue weighted by molar-refractivity contribution is -0.112. The van der Waals surface area contributed by atoms with E-state index in [0.717, 1.165) is 0 Å². The Balaban J connectivity index is 3.32. The Morgan fingerprint density at radius 2 is 0.950 bits per heavy atom. The Hall–Kier alpha value is -2.36. The molecular formula is C16H18O4. The van der Waals surface area contributed by atoms with Crippen LogP contribution in [0.2, 0.25) is 0 Å². The number of rotatable bonds is 4. The fraction of sp³-hybridized carbons (Fsp3) is 0.250. The van der Waals surface area contributed by atoms with Crippen molar-refractivity contribution in [3.63, 3.8) is 0 Å². The molecule has 20 heavy (non-hydrogen) atoms. The lowest BCUT2D eigenvalue weighted by Gasteiger charge is -2.09. The van der Waals surface area contributed by atoms with E-state index in [-0.39, 0.29) is 34.2 Å². The number of carbonyl (C=O) groups is 2. The SMILES string of the molecule is CC(=O)/C(=C(\C)O)c1ccc(/C(C(C)=O)=C(/C)O)cc1. The van der Waals surface area contributed by atoms with E-state index in [4.69, 9.17) is 0 Å². The van der Waals surface area contributed by atoms with Gasteiger partial charge in [0.2, 0.25) is 0 Å². The molecule has 1 rings (SSSR count). The Labute approximate surface area is 118 Å². The van der Waals surface area contributed by atoms with Crippen molar-refractivity contribution in [2.24, 2.45) is 0 Å². The molecule has 0 bridgehead atoms. The maximum atomic E-state index is 11.5. The highest BCUT2D eigenvalue weighted by molar-refractivity contribution is 6.21. The summed E-state index contributed by atoms with van der Waals surface area (Å²) in [7, 11) is 0. The van der Waals surface area contributed by atoms with Crippen LogP contribution in [-0.2, 0) is 9.59 Å². The zero-order valence-electron chi connectivity index (χ0n) is 12.0. The van der Waals surface area contributed by atoms with Crippen molar-refractivity contribution in [2.45, 2.75) is 27.7 Å². The van der Waals surface area contributed by atoms with Crippen LogP contribution in [0.1, 0.15) is 38.8 Å². The fourth-order valence-electron chi connectivity index (χ4n) is 2.14. The summed E-state index contributed by atoms with van der Waals surface area (Å²) in [6, 6.07) is 6.55. The molecular weight excluding hydrogens is 256 g/mol. The van der Waals surface area contributed by atoms with E-state index < -0.39 is 0 Å². The minimum Gasteiger partial charge on any atom is -0.512 e. The predicted octanol–water partition coefficient (Wildman–Crippen LogP) is 3.44. The van der Waals surface area contributed by atoms with Crippen molar-refractivity contribution in [3.05, 3.63) is 46.9 Å². The number of ketones is 2. The van der Waals surface area contributed by atoms with Crippen molar-refractivity contribution in [2.75, 3.05) is 0 Å². The van der Waals surface area contributed by atoms with Gasteiger partial charge in [0.25, 0.3) is 0 Å². The third kappa shape index (κ3) is 3.35. The summed E-state index contributed by atoms with van der Waals surface area (Å²) >= 11 is 0. The molecule has 0 saturated carbocycles. The molecule has 0 spiro atoms. The van der Waals surface area contributed by atoms with E-state index in [1.54, 1.807) is 24.3 Å². The Morgan fingerprint density at radius 3 is 1.10 bits per heavy atom. The average molecular weight is 274 g/mol. The van der Waals surface area contributed by atoms with Gasteiger partial charge < -0.3 is 10.2 Å². The lowest BCUT2D eigenvalue weighted by Crippen LogP contribution is -2.02. The van der Waals surface area contributed by atoms with Crippen LogP contribution < -0.4 is 0 Å². The first kappa shape index (κ1) is 15.7. The van der Waals surface area contributed by atoms with E-state index in [2.05, 4.69) is 0 Å². The maximum absolute atomic E-state index is 11.5. The molecule has 0 aromatic heterocycles. The van der Waals surface area contributed by atoms with Gasteiger partial charge in [0.1, 0.15) is 11.5 Å². The summed E-state index contributed by atoms with van der Waals surface area (Å²) in [5.41, 5.74) is 1.62. The molecule has 0 radical (unpaired) electrons. The predicted molar refractivity (Wildman–Crippen MR) is 78.2 cm³/mol. The molecule has 0 aliphatic rings. The number of hydrogen-bond donors (Lipinski definition) is 2. The van der Waals surface area contributed by atoms with Gasteiger partial charge in [-0.25, -0.2) is 0 Å². The van der Waals surface area contributed by atoms with Crippen LogP contribution in [0.15, 0.2) is 35.8 Å². The van der Waals surface area contributed by atoms with Crippen LogP contribution in [-0.4, -0.2) is 21.8 Å². The standard InChI is InChI=1S/C16H18O4/c1-9(17)15(10(2)18)13-5-7-14(8-6-13)16(11(3)19)12(4)20/h5-8,17,19H,1-4H3/b15-9-,16-11-. The molecule has 0 aliphatic heterocycles. The Bertz CT molecular complexity index is 541. The maximum Gasteiger partial charge on any atom is 0.163 e. The molecule has 0 amide bonds. The van der Waals surface area contributed by atoms with Crippen molar-refractivity contribution in [1.82, 2.24) is 0 Å². The summed E-state index contributed by atoms with van der Waals surface area (Å²) in [6.07, 6.45) is 0. The van der Waals surface area contributed by atoms with Gasteiger partial charge in [-0.3, -0.25) is 9.59 Å². The van der Waals surface area contributed by atoms with Gasteiger partial charge >= 0.3 is 0 Å². The number of hydrogen-bond acceptors (Lipinski definition) is 4. The highest BCUT2D eigenvalue weighted by Crippen LogP contribution is 2.23. The van der Waals surface area contributed by atoms with Crippen LogP contribution in [0.5, 0.6) is 0 Å². The van der Waals surface area contributed by atoms with Gasteiger partial charge in [-0.05, 0) is 38.8 Å². The summed E-state index contributed by atoms with van der Waals surface area (Å²) in [5.74, 6) is -0.575. The quantitative estimate of drug-likeness (QED) is 0.651. The summed E-state index contributed by atoms with van der Waals surface area (Å²) in [4.78, 5) is 23.0. The smallest absolute Gasteiger partial charge is 0.163 e. The molecule has 0 atom stereocenters. The fourth-order valence-corrected chi connectivity index (χ4v) is 2.14. The average Bonchev–Trinajstić information content (AvgIpc) is 2.29. The van der Waals surface area contributed by atoms with Crippen LogP contribution >= 0.6 is 0 Å². The number of carbonyl (C=O) groups excluding carboxylic acids is 2. The largest absolute Gasteiger partial charge is 0.512 e. The van der Waals surface area contributed by atoms with Gasteiger partial charge in [0, 0.05) is 0 Å². The molecule has 0 saturated heterocycles. The number of aliphatic hydroxyl groups excluding tert-OH is 2. The summed E-state index contributed by atoms with van der Waals surface area (Å²) in [5, 5.41) is 19.1. The number of benzene rings is 1. The summed E-state index contributed by atoms with van der Waals surface area (Å²) < 4.78 is 0. The van der Waals surface area contributed by atoms with Gasteiger partial charge in [0.05, 0.1) is 11.1 Å². The van der Waals surface area contributed by atoms with E-state index in [1.807, 2.05) is 0 Å². The number of aliphatic hydroxyl groups is 2. The van der Waals surface area contributed by atoms with Gasteiger partial charge in [-0.2, -0.15) is 0 Å². The molecule has 0 unspecified atom stereocenters. The second-order valence-electron chi connectivity index (χ2n) is 4.61. The van der Waals surface area contributed by atoms with Crippen molar-refractivity contribution in [1.29, 1.82) is 0 Å². The minimum atomic E-state index is -0.238. The first-order valence-electron chi connectivity index (χ1n) is 6.18. The molecule has 0 heterocycles. The molecule has 0 aliphatic carbocycles. The van der Waals surface area contributed by atoms with Crippen LogP contribution in [0.4, 0.5) is 0 Å². The van der Waals surface area contributed by atoms with E-state index in [0.29, 0.717) is 11.1 Å². The summed E-state index contributed by atoms with van der Waals surface area (Å²) in [6.45, 7) is 5.65. The Kier molecular flexibility index (Phi) is 4.86. The van der Waals surface area contributed by atoms with E-state index >= 15 is 0 Å². The first-order valence-corrected chi connectivity index (χ1v) is 6.18. The highest BCUT2D eigenvalue weighted by atomic mass is 16.3. The molecule has 0 fully saturated rings. The Morgan fingerprint density at radius 1 is 0.700 bits per heavy atom. The second-order valence-corrected chi connectivity index (χ2v) is 4.61. The van der Waals surface area contributed by atoms with Crippen LogP contribution in [0.3, 0.4) is 0 Å². The molecule has 4 nitrogen and oxygen atoms in total. The van der Waals surface area contributed by atoms with Crippen molar-refractivity contribution < 1.29 is 19.8 Å². The number of Topliss-reactive ketones (excluding diaryl/α,β-unsaturated/α-hetero) is 2. The molecule has 4 heteroatoms. The third-order valence-electron chi connectivity index (χ3n) is 2.89. The van der Waals surface area contributed by atoms with Gasteiger partial charge in [0.15, 0.2) is 11.6 Å². The molecule has 1 aromatic rings. The van der Waals surface area contributed by atoms with Gasteiger partial charge in [-0.15, -0.1) is 0 Å². The van der Waals surface area contributed by atoms with E-state index in [1.165, 1.54) is 27.7 Å². The van der Waals surface area contributed by atoms with Crippen molar-refractivity contribution in [3.8, 4) is 0 Å². The van der Waals surface area contributed by atoms with Gasteiger partial charge in [-0.1, -0.05) is 24.3 Å². The second kappa shape index (κ2) is 6.19. The zero-order valence-corrected chi connectivity index (χ0v) is 12.0. The first-order chi connectivity index (χ1) is 9.25. The molecule has 2 N–H and O–H groups in total. The number of allylic oxidation sites excluding steroid dienone is 4. The van der Waals surface area contributed by atoms with Crippen LogP contribution in [0.25, 0.3) is 11.1 Å². The topological polar surface area (TPSA) is 74.6 Å². The molecule has 106 valence electrons. The molecule has 1 aromatic carbocycles. The van der Waals surface area contributed by atoms with Crippen LogP contribution in [0, 0.1) is 0 Å². The van der Waals surface area contributed by atoms with E-state index in [9.17, 15) is 19.8 Å². The minimum absolute atomic E-state index is 0.0501. The highest BCUT2D eigenvalue weighted by Gasteiger charge is 2.14. The third-order valence-corrected chi connectivity index (χ3v) is 2.89. The lowest BCUT2D eigenvalue weighted by atomic mass is 9.96. The zero-order chi connectivity index (χ0) is 15.4. The monoisotopic (exact) mass is 274 g/mol.